The Morgan fingerprint density at radius 2 is 1.71 bits per heavy atom. The van der Waals surface area contributed by atoms with Gasteiger partial charge in [-0.2, -0.15) is 0 Å². The van der Waals surface area contributed by atoms with E-state index in [1.807, 2.05) is 30.3 Å². The summed E-state index contributed by atoms with van der Waals surface area (Å²) < 4.78 is 5.19. The highest BCUT2D eigenvalue weighted by Crippen LogP contribution is 2.68. The molecule has 1 aromatic carbocycles. The van der Waals surface area contributed by atoms with E-state index in [2.05, 4.69) is 31.4 Å². The number of nitrogens with one attached hydrogen (secondary N) is 2. The first kappa shape index (κ1) is 36.6. The SMILES string of the molecule is C[C@H](CCC(=O)NC(CCCCNC(=O)OCc1ccccc1)C(=O)O)[C@H]1CCC2[C@@H]3[C@H](O)C[C@@H]4CC(O)CC[C@]4(C)[C@H]3C[C@H](O)[C@@]21C. The number of ether oxygens (including phenoxy) is 1. The number of aliphatic hydroxyl groups is 3. The van der Waals surface area contributed by atoms with E-state index < -0.39 is 30.3 Å². The van der Waals surface area contributed by atoms with Gasteiger partial charge in [0.25, 0.3) is 0 Å². The lowest BCUT2D eigenvalue weighted by atomic mass is 9.43. The fourth-order valence-corrected chi connectivity index (χ4v) is 10.7. The second kappa shape index (κ2) is 15.5. The van der Waals surface area contributed by atoms with Crippen molar-refractivity contribution in [3.8, 4) is 0 Å². The van der Waals surface area contributed by atoms with Gasteiger partial charge < -0.3 is 35.8 Å². The van der Waals surface area contributed by atoms with E-state index in [-0.39, 0.29) is 77.8 Å². The molecule has 4 aliphatic carbocycles. The third-order valence-corrected chi connectivity index (χ3v) is 13.4. The molecule has 4 fully saturated rings. The van der Waals surface area contributed by atoms with Crippen molar-refractivity contribution < 1.29 is 39.5 Å². The van der Waals surface area contributed by atoms with Gasteiger partial charge in [0, 0.05) is 13.0 Å². The van der Waals surface area contributed by atoms with Crippen LogP contribution in [0.25, 0.3) is 0 Å². The Morgan fingerprint density at radius 3 is 2.44 bits per heavy atom. The van der Waals surface area contributed by atoms with Crippen LogP contribution in [-0.2, 0) is 20.9 Å². The third-order valence-electron chi connectivity index (χ3n) is 13.4. The van der Waals surface area contributed by atoms with E-state index in [1.165, 1.54) is 0 Å². The van der Waals surface area contributed by atoms with Crippen LogP contribution in [0.3, 0.4) is 0 Å². The highest BCUT2D eigenvalue weighted by Gasteiger charge is 2.65. The molecular weight excluding hydrogens is 612 g/mol. The van der Waals surface area contributed by atoms with Gasteiger partial charge in [-0.25, -0.2) is 9.59 Å². The number of alkyl carbamates (subject to hydrolysis) is 1. The molecular formula is C38H58N2O8. The molecule has 1 aromatic rings. The van der Waals surface area contributed by atoms with Crippen molar-refractivity contribution in [1.82, 2.24) is 10.6 Å². The summed E-state index contributed by atoms with van der Waals surface area (Å²) in [5.74, 6) is -0.131. The summed E-state index contributed by atoms with van der Waals surface area (Å²) in [7, 11) is 0. The largest absolute Gasteiger partial charge is 0.480 e. The molecule has 12 atom stereocenters. The number of hydrogen-bond donors (Lipinski definition) is 6. The van der Waals surface area contributed by atoms with Gasteiger partial charge in [-0.05, 0) is 123 Å². The predicted molar refractivity (Wildman–Crippen MR) is 180 cm³/mol. The molecule has 10 heteroatoms. The predicted octanol–water partition coefficient (Wildman–Crippen LogP) is 5.03. The zero-order valence-electron chi connectivity index (χ0n) is 29.0. The number of amides is 2. The van der Waals surface area contributed by atoms with E-state index >= 15 is 0 Å². The normalized spacial score (nSPS) is 36.9. The number of rotatable bonds is 13. The van der Waals surface area contributed by atoms with E-state index in [0.717, 1.165) is 44.1 Å². The van der Waals surface area contributed by atoms with Crippen LogP contribution in [0, 0.1) is 46.3 Å². The number of aliphatic carboxylic acids is 1. The van der Waals surface area contributed by atoms with Gasteiger partial charge >= 0.3 is 12.1 Å². The number of fused-ring (bicyclic) bond motifs is 5. The zero-order valence-corrected chi connectivity index (χ0v) is 29.0. The minimum atomic E-state index is -1.08. The van der Waals surface area contributed by atoms with Crippen molar-refractivity contribution in [1.29, 1.82) is 0 Å². The van der Waals surface area contributed by atoms with Crippen LogP contribution in [0.5, 0.6) is 0 Å². The van der Waals surface area contributed by atoms with E-state index in [9.17, 15) is 34.8 Å². The van der Waals surface area contributed by atoms with Crippen LogP contribution >= 0.6 is 0 Å². The summed E-state index contributed by atoms with van der Waals surface area (Å²) in [6, 6.07) is 8.38. The molecule has 0 spiro atoms. The first-order valence-electron chi connectivity index (χ1n) is 18.4. The molecule has 0 bridgehead atoms. The Kier molecular flexibility index (Phi) is 11.8. The maximum absolute atomic E-state index is 12.9. The molecule has 268 valence electrons. The third kappa shape index (κ3) is 7.71. The number of aliphatic hydroxyl groups excluding tert-OH is 3. The molecule has 0 saturated heterocycles. The molecule has 4 aliphatic rings. The van der Waals surface area contributed by atoms with Crippen LogP contribution in [-0.4, -0.2) is 69.3 Å². The zero-order chi connectivity index (χ0) is 34.6. The molecule has 48 heavy (non-hydrogen) atoms. The summed E-state index contributed by atoms with van der Waals surface area (Å²) >= 11 is 0. The highest BCUT2D eigenvalue weighted by atomic mass is 16.5. The Bertz CT molecular complexity index is 1260. The van der Waals surface area contributed by atoms with Crippen molar-refractivity contribution in [3.05, 3.63) is 35.9 Å². The monoisotopic (exact) mass is 670 g/mol. The molecule has 6 N–H and O–H groups in total. The fourth-order valence-electron chi connectivity index (χ4n) is 10.7. The smallest absolute Gasteiger partial charge is 0.407 e. The molecule has 4 saturated carbocycles. The van der Waals surface area contributed by atoms with E-state index in [1.54, 1.807) is 0 Å². The standard InChI is InChI=1S/C38H58N2O8/c1-23(12-15-33(44)40-30(35(45)46)11-7-8-18-39-36(47)48-22-24-9-5-4-6-10-24)27-13-14-28-34-29(21-32(43)38(27,28)3)37(2)17-16-26(41)19-25(37)20-31(34)42/h4-6,9-10,23,25-32,34,41-43H,7-8,11-22H2,1-3H3,(H,39,47)(H,40,44)(H,45,46)/t23-,25+,26?,27-,28?,29+,30?,31-,32+,34+,37+,38-/m1/s1. The minimum Gasteiger partial charge on any atom is -0.480 e. The molecule has 3 unspecified atom stereocenters. The van der Waals surface area contributed by atoms with Gasteiger partial charge in [0.15, 0.2) is 0 Å². The quantitative estimate of drug-likeness (QED) is 0.159. The Morgan fingerprint density at radius 1 is 0.958 bits per heavy atom. The van der Waals surface area contributed by atoms with Gasteiger partial charge in [0.05, 0.1) is 18.3 Å². The molecule has 0 aromatic heterocycles. The average molecular weight is 671 g/mol. The minimum absolute atomic E-state index is 0.0266. The number of hydrogen-bond acceptors (Lipinski definition) is 7. The van der Waals surface area contributed by atoms with Crippen molar-refractivity contribution >= 4 is 18.0 Å². The topological polar surface area (TPSA) is 165 Å². The lowest BCUT2D eigenvalue weighted by Gasteiger charge is -2.63. The van der Waals surface area contributed by atoms with Crippen molar-refractivity contribution in [3.63, 3.8) is 0 Å². The van der Waals surface area contributed by atoms with Crippen LogP contribution in [0.15, 0.2) is 30.3 Å². The Labute approximate surface area is 285 Å². The molecule has 0 aliphatic heterocycles. The summed E-state index contributed by atoms with van der Waals surface area (Å²) in [5.41, 5.74) is 0.571. The summed E-state index contributed by atoms with van der Waals surface area (Å²) in [5, 5.41) is 48.8. The van der Waals surface area contributed by atoms with Gasteiger partial charge in [-0.3, -0.25) is 4.79 Å². The van der Waals surface area contributed by atoms with Gasteiger partial charge in [-0.1, -0.05) is 51.1 Å². The molecule has 10 nitrogen and oxygen atoms in total. The highest BCUT2D eigenvalue weighted by molar-refractivity contribution is 5.83. The van der Waals surface area contributed by atoms with Crippen LogP contribution in [0.2, 0.25) is 0 Å². The van der Waals surface area contributed by atoms with Crippen molar-refractivity contribution in [2.75, 3.05) is 6.54 Å². The number of carbonyl (C=O) groups excluding carboxylic acids is 2. The maximum atomic E-state index is 12.9. The molecule has 0 radical (unpaired) electrons. The lowest BCUT2D eigenvalue weighted by molar-refractivity contribution is -0.207. The number of carboxylic acid groups (broad SMARTS) is 1. The molecule has 5 rings (SSSR count). The summed E-state index contributed by atoms with van der Waals surface area (Å²) in [6.07, 6.45) is 6.17. The summed E-state index contributed by atoms with van der Waals surface area (Å²) in [6.45, 7) is 7.21. The van der Waals surface area contributed by atoms with Gasteiger partial charge in [0.2, 0.25) is 5.91 Å². The van der Waals surface area contributed by atoms with Gasteiger partial charge in [0.1, 0.15) is 12.6 Å². The lowest BCUT2D eigenvalue weighted by Crippen LogP contribution is -2.62. The van der Waals surface area contributed by atoms with E-state index in [4.69, 9.17) is 4.74 Å². The Hall–Kier alpha value is -2.69. The first-order chi connectivity index (χ1) is 22.8. The number of unbranched alkanes of at least 4 members (excludes halogenated alkanes) is 1. The molecule has 0 heterocycles. The summed E-state index contributed by atoms with van der Waals surface area (Å²) in [4.78, 5) is 36.8. The molecule has 2 amide bonds. The fraction of sp³-hybridized carbons (Fsp3) is 0.763. The van der Waals surface area contributed by atoms with Crippen LogP contribution in [0.1, 0.15) is 103 Å². The average Bonchev–Trinajstić information content (AvgIpc) is 3.42. The number of carbonyl (C=O) groups is 3. The number of benzene rings is 1. The first-order valence-corrected chi connectivity index (χ1v) is 18.4. The van der Waals surface area contributed by atoms with Crippen molar-refractivity contribution in [2.24, 2.45) is 46.3 Å². The number of carboxylic acids is 1. The van der Waals surface area contributed by atoms with Crippen LogP contribution < -0.4 is 10.6 Å². The van der Waals surface area contributed by atoms with E-state index in [0.29, 0.717) is 32.2 Å². The van der Waals surface area contributed by atoms with Crippen molar-refractivity contribution in [2.45, 2.75) is 129 Å². The van der Waals surface area contributed by atoms with Gasteiger partial charge in [-0.15, -0.1) is 0 Å². The maximum Gasteiger partial charge on any atom is 0.407 e. The Balaban J connectivity index is 1.07. The van der Waals surface area contributed by atoms with Crippen LogP contribution in [0.4, 0.5) is 4.79 Å². The second-order valence-electron chi connectivity index (χ2n) is 16.0. The second-order valence-corrected chi connectivity index (χ2v) is 16.0.